The Balaban J connectivity index is 1.88. The summed E-state index contributed by atoms with van der Waals surface area (Å²) in [5, 5.41) is 14.3. The lowest BCUT2D eigenvalue weighted by Crippen LogP contribution is -2.36. The molecule has 6 nitrogen and oxygen atoms in total. The van der Waals surface area contributed by atoms with Crippen LogP contribution in [0.3, 0.4) is 0 Å². The van der Waals surface area contributed by atoms with E-state index in [0.717, 1.165) is 31.2 Å². The van der Waals surface area contributed by atoms with Gasteiger partial charge in [0.15, 0.2) is 0 Å². The van der Waals surface area contributed by atoms with Gasteiger partial charge in [0, 0.05) is 24.6 Å². The van der Waals surface area contributed by atoms with Gasteiger partial charge < -0.3 is 11.1 Å². The van der Waals surface area contributed by atoms with E-state index in [9.17, 15) is 14.9 Å². The molecule has 0 spiro atoms. The van der Waals surface area contributed by atoms with Gasteiger partial charge >= 0.3 is 0 Å². The maximum Gasteiger partial charge on any atom is 0.288 e. The summed E-state index contributed by atoms with van der Waals surface area (Å²) in [7, 11) is 0. The molecular weight excluding hydrogens is 294 g/mol. The monoisotopic (exact) mass is 311 g/mol. The minimum atomic E-state index is -0.482. The number of hydrogen-bond donors (Lipinski definition) is 2. The Morgan fingerprint density at radius 2 is 2.05 bits per heavy atom. The van der Waals surface area contributed by atoms with E-state index in [-0.39, 0.29) is 22.5 Å². The molecule has 1 aliphatic rings. The van der Waals surface area contributed by atoms with Gasteiger partial charge in [0.2, 0.25) is 5.91 Å². The molecule has 0 saturated heterocycles. The van der Waals surface area contributed by atoms with Gasteiger partial charge in [-0.25, -0.2) is 0 Å². The van der Waals surface area contributed by atoms with Gasteiger partial charge in [0.25, 0.3) is 5.69 Å². The molecule has 114 valence electrons. The minimum absolute atomic E-state index is 0.0142. The third kappa shape index (κ3) is 4.15. The van der Waals surface area contributed by atoms with Crippen LogP contribution in [-0.2, 0) is 11.3 Å². The molecule has 1 aliphatic carbocycles. The first-order chi connectivity index (χ1) is 9.97. The van der Waals surface area contributed by atoms with Gasteiger partial charge in [-0.1, -0.05) is 17.7 Å². The standard InChI is InChI=1S/C14H18ClN3O3/c15-12-6-1-9(7-13(12)18(20)21)8-17-11-4-2-10(3-5-11)14(16)19/h1,6-7,10-11,17H,2-5,8H2,(H2,16,19). The Morgan fingerprint density at radius 3 is 2.62 bits per heavy atom. The molecule has 1 saturated carbocycles. The maximum atomic E-state index is 11.1. The van der Waals surface area contributed by atoms with Crippen molar-refractivity contribution >= 4 is 23.2 Å². The number of carbonyl (C=O) groups excluding carboxylic acids is 1. The van der Waals surface area contributed by atoms with E-state index in [2.05, 4.69) is 5.32 Å². The lowest BCUT2D eigenvalue weighted by atomic mass is 9.85. The third-order valence-electron chi connectivity index (χ3n) is 3.93. The summed E-state index contributed by atoms with van der Waals surface area (Å²) in [4.78, 5) is 21.5. The number of rotatable bonds is 5. The van der Waals surface area contributed by atoms with Gasteiger partial charge in [-0.2, -0.15) is 0 Å². The molecule has 0 aliphatic heterocycles. The average molecular weight is 312 g/mol. The SMILES string of the molecule is NC(=O)C1CCC(NCc2ccc(Cl)c([N+](=O)[O-])c2)CC1. The molecular formula is C14H18ClN3O3. The summed E-state index contributed by atoms with van der Waals surface area (Å²) in [6, 6.07) is 5.12. The summed E-state index contributed by atoms with van der Waals surface area (Å²) in [6.45, 7) is 0.546. The minimum Gasteiger partial charge on any atom is -0.369 e. The van der Waals surface area contributed by atoms with Crippen LogP contribution in [0.15, 0.2) is 18.2 Å². The summed E-state index contributed by atoms with van der Waals surface area (Å²) in [5.41, 5.74) is 6.05. The summed E-state index contributed by atoms with van der Waals surface area (Å²) >= 11 is 5.78. The van der Waals surface area contributed by atoms with Crippen molar-refractivity contribution in [1.29, 1.82) is 0 Å². The molecule has 0 heterocycles. The van der Waals surface area contributed by atoms with E-state index in [0.29, 0.717) is 12.6 Å². The predicted molar refractivity (Wildman–Crippen MR) is 79.9 cm³/mol. The summed E-state index contributed by atoms with van der Waals surface area (Å²) in [5.74, 6) is -0.235. The van der Waals surface area contributed by atoms with Gasteiger partial charge in [-0.15, -0.1) is 0 Å². The first-order valence-electron chi connectivity index (χ1n) is 6.93. The van der Waals surface area contributed by atoms with Crippen molar-refractivity contribution in [3.63, 3.8) is 0 Å². The number of benzene rings is 1. The zero-order chi connectivity index (χ0) is 15.4. The molecule has 0 bridgehead atoms. The number of nitrogens with zero attached hydrogens (tertiary/aromatic N) is 1. The zero-order valence-electron chi connectivity index (χ0n) is 11.5. The van der Waals surface area contributed by atoms with E-state index >= 15 is 0 Å². The summed E-state index contributed by atoms with van der Waals surface area (Å²) in [6.07, 6.45) is 3.38. The fraction of sp³-hybridized carbons (Fsp3) is 0.500. The fourth-order valence-corrected chi connectivity index (χ4v) is 2.84. The third-order valence-corrected chi connectivity index (χ3v) is 4.25. The molecule has 7 heteroatoms. The van der Waals surface area contributed by atoms with Crippen molar-refractivity contribution in [2.24, 2.45) is 11.7 Å². The second-order valence-corrected chi connectivity index (χ2v) is 5.78. The molecule has 0 radical (unpaired) electrons. The molecule has 1 fully saturated rings. The molecule has 0 unspecified atom stereocenters. The van der Waals surface area contributed by atoms with Crippen LogP contribution in [-0.4, -0.2) is 16.9 Å². The molecule has 2 rings (SSSR count). The highest BCUT2D eigenvalue weighted by Gasteiger charge is 2.24. The van der Waals surface area contributed by atoms with Crippen molar-refractivity contribution in [3.8, 4) is 0 Å². The number of amides is 1. The highest BCUT2D eigenvalue weighted by atomic mass is 35.5. The molecule has 0 aromatic heterocycles. The Morgan fingerprint density at radius 1 is 1.38 bits per heavy atom. The Kier molecular flexibility index (Phi) is 5.14. The zero-order valence-corrected chi connectivity index (χ0v) is 12.3. The second kappa shape index (κ2) is 6.87. The number of halogens is 1. The van der Waals surface area contributed by atoms with Crippen molar-refractivity contribution in [1.82, 2.24) is 5.32 Å². The average Bonchev–Trinajstić information content (AvgIpc) is 2.46. The van der Waals surface area contributed by atoms with Crippen LogP contribution >= 0.6 is 11.6 Å². The van der Waals surface area contributed by atoms with E-state index in [1.807, 2.05) is 0 Å². The molecule has 1 aromatic carbocycles. The number of nitrogens with two attached hydrogens (primary N) is 1. The van der Waals surface area contributed by atoms with E-state index in [4.69, 9.17) is 17.3 Å². The van der Waals surface area contributed by atoms with Crippen LogP contribution in [0.5, 0.6) is 0 Å². The highest BCUT2D eigenvalue weighted by molar-refractivity contribution is 6.32. The van der Waals surface area contributed by atoms with Gasteiger partial charge in [-0.3, -0.25) is 14.9 Å². The number of nitro benzene ring substituents is 1. The van der Waals surface area contributed by atoms with Crippen LogP contribution in [0.2, 0.25) is 5.02 Å². The van der Waals surface area contributed by atoms with Gasteiger partial charge in [0.1, 0.15) is 5.02 Å². The predicted octanol–water partition coefficient (Wildman–Crippen LogP) is 2.38. The van der Waals surface area contributed by atoms with Crippen LogP contribution < -0.4 is 11.1 Å². The quantitative estimate of drug-likeness (QED) is 0.644. The van der Waals surface area contributed by atoms with Crippen molar-refractivity contribution in [2.45, 2.75) is 38.3 Å². The number of carbonyl (C=O) groups is 1. The van der Waals surface area contributed by atoms with Crippen molar-refractivity contribution in [3.05, 3.63) is 38.9 Å². The summed E-state index contributed by atoms with van der Waals surface area (Å²) < 4.78 is 0. The van der Waals surface area contributed by atoms with Gasteiger partial charge in [-0.05, 0) is 37.3 Å². The Labute approximate surface area is 127 Å². The van der Waals surface area contributed by atoms with Crippen molar-refractivity contribution < 1.29 is 9.72 Å². The second-order valence-electron chi connectivity index (χ2n) is 5.37. The molecule has 1 aromatic rings. The normalized spacial score (nSPS) is 22.0. The number of primary amides is 1. The van der Waals surface area contributed by atoms with Crippen LogP contribution in [0.4, 0.5) is 5.69 Å². The first kappa shape index (κ1) is 15.7. The lowest BCUT2D eigenvalue weighted by molar-refractivity contribution is -0.384. The Bertz CT molecular complexity index is 542. The molecule has 1 amide bonds. The van der Waals surface area contributed by atoms with E-state index < -0.39 is 4.92 Å². The molecule has 0 atom stereocenters. The van der Waals surface area contributed by atoms with Crippen LogP contribution in [0, 0.1) is 16.0 Å². The van der Waals surface area contributed by atoms with Crippen LogP contribution in [0.1, 0.15) is 31.2 Å². The van der Waals surface area contributed by atoms with E-state index in [1.165, 1.54) is 6.07 Å². The number of hydrogen-bond acceptors (Lipinski definition) is 4. The number of nitrogens with one attached hydrogen (secondary N) is 1. The lowest BCUT2D eigenvalue weighted by Gasteiger charge is -2.27. The smallest absolute Gasteiger partial charge is 0.288 e. The maximum absolute atomic E-state index is 11.1. The van der Waals surface area contributed by atoms with Gasteiger partial charge in [0.05, 0.1) is 4.92 Å². The highest BCUT2D eigenvalue weighted by Crippen LogP contribution is 2.26. The first-order valence-corrected chi connectivity index (χ1v) is 7.30. The fourth-order valence-electron chi connectivity index (χ4n) is 2.65. The molecule has 3 N–H and O–H groups in total. The Hall–Kier alpha value is -1.66. The van der Waals surface area contributed by atoms with Crippen LogP contribution in [0.25, 0.3) is 0 Å². The number of nitro groups is 1. The topological polar surface area (TPSA) is 98.3 Å². The van der Waals surface area contributed by atoms with Crippen molar-refractivity contribution in [2.75, 3.05) is 0 Å². The molecule has 21 heavy (non-hydrogen) atoms. The largest absolute Gasteiger partial charge is 0.369 e. The van der Waals surface area contributed by atoms with E-state index in [1.54, 1.807) is 12.1 Å².